The van der Waals surface area contributed by atoms with Gasteiger partial charge >= 0.3 is 5.97 Å². The largest absolute Gasteiger partial charge is 0.480 e. The first kappa shape index (κ1) is 31.1. The van der Waals surface area contributed by atoms with Crippen LogP contribution in [-0.4, -0.2) is 54.0 Å². The third-order valence-corrected chi connectivity index (χ3v) is 5.18. The van der Waals surface area contributed by atoms with Gasteiger partial charge in [-0.2, -0.15) is 0 Å². The summed E-state index contributed by atoms with van der Waals surface area (Å²) in [6.45, 7) is 6.91. The Morgan fingerprint density at radius 3 is 2.14 bits per heavy atom. The van der Waals surface area contributed by atoms with Gasteiger partial charge in [-0.15, -0.1) is 0 Å². The maximum atomic E-state index is 13.5. The zero-order valence-electron chi connectivity index (χ0n) is 21.8. The summed E-state index contributed by atoms with van der Waals surface area (Å²) < 4.78 is 13.5. The van der Waals surface area contributed by atoms with E-state index in [4.69, 9.17) is 5.11 Å². The molecule has 3 amide bonds. The Morgan fingerprint density at radius 1 is 0.919 bits per heavy atom. The second-order valence-corrected chi connectivity index (χ2v) is 8.51. The normalized spacial score (nSPS) is 11.7. The molecule has 0 saturated heterocycles. The number of benzene rings is 2. The molecule has 0 aromatic heterocycles. The molecule has 2 aromatic carbocycles. The molecule has 1 atom stereocenters. The number of halogens is 1. The lowest BCUT2D eigenvalue weighted by molar-refractivity contribution is -0.138. The van der Waals surface area contributed by atoms with Crippen LogP contribution in [0.15, 0.2) is 48.5 Å². The van der Waals surface area contributed by atoms with Crippen molar-refractivity contribution in [3.05, 3.63) is 65.5 Å². The smallest absolute Gasteiger partial charge is 0.322 e. The molecule has 0 radical (unpaired) electrons. The van der Waals surface area contributed by atoms with Crippen LogP contribution in [0.4, 0.5) is 10.1 Å². The Morgan fingerprint density at radius 2 is 1.57 bits per heavy atom. The SMILES string of the molecule is CCC.CCC(CCNC(=O)CNC(=O)c1cc(C)cc(F)c1)(Nc1ccccc1)C(=O)NCC(=O)O. The van der Waals surface area contributed by atoms with Crippen LogP contribution in [0.5, 0.6) is 0 Å². The average molecular weight is 517 g/mol. The summed E-state index contributed by atoms with van der Waals surface area (Å²) in [7, 11) is 0. The van der Waals surface area contributed by atoms with Gasteiger partial charge in [0.15, 0.2) is 0 Å². The van der Waals surface area contributed by atoms with Crippen LogP contribution in [0.2, 0.25) is 0 Å². The molecule has 1 unspecified atom stereocenters. The van der Waals surface area contributed by atoms with Crippen LogP contribution in [0.25, 0.3) is 0 Å². The van der Waals surface area contributed by atoms with Gasteiger partial charge in [0.2, 0.25) is 11.8 Å². The number of nitrogens with one attached hydrogen (secondary N) is 4. The van der Waals surface area contributed by atoms with Gasteiger partial charge in [0, 0.05) is 17.8 Å². The van der Waals surface area contributed by atoms with Gasteiger partial charge in [-0.25, -0.2) is 4.39 Å². The van der Waals surface area contributed by atoms with E-state index < -0.39 is 41.6 Å². The zero-order chi connectivity index (χ0) is 27.8. The minimum Gasteiger partial charge on any atom is -0.480 e. The standard InChI is InChI=1S/C24H29FN4O5.C3H8/c1-3-24(23(34)28-15-21(31)32,29-19-7-5-4-6-8-19)9-10-26-20(30)14-27-22(33)17-11-16(2)12-18(25)13-17;1-3-2/h4-8,11-13,29H,3,9-10,14-15H2,1-2H3,(H,26,30)(H,27,33)(H,28,34)(H,31,32);3H2,1-2H3. The Hall–Kier alpha value is -3.95. The lowest BCUT2D eigenvalue weighted by Gasteiger charge is -2.33. The van der Waals surface area contributed by atoms with Crippen molar-refractivity contribution in [3.8, 4) is 0 Å². The van der Waals surface area contributed by atoms with Gasteiger partial charge in [0.05, 0.1) is 6.54 Å². The van der Waals surface area contributed by atoms with Crippen LogP contribution in [0.3, 0.4) is 0 Å². The molecule has 0 aliphatic carbocycles. The maximum Gasteiger partial charge on any atom is 0.322 e. The number of carboxylic acid groups (broad SMARTS) is 1. The van der Waals surface area contributed by atoms with Crippen molar-refractivity contribution in [2.45, 2.75) is 52.5 Å². The highest BCUT2D eigenvalue weighted by Gasteiger charge is 2.36. The molecule has 0 aliphatic heterocycles. The van der Waals surface area contributed by atoms with E-state index in [0.717, 1.165) is 6.07 Å². The number of para-hydroxylation sites is 1. The number of hydrogen-bond donors (Lipinski definition) is 5. The highest BCUT2D eigenvalue weighted by Crippen LogP contribution is 2.22. The molecule has 0 spiro atoms. The van der Waals surface area contributed by atoms with E-state index in [1.165, 1.54) is 18.6 Å². The molecular weight excluding hydrogens is 479 g/mol. The summed E-state index contributed by atoms with van der Waals surface area (Å²) in [4.78, 5) is 48.2. The molecule has 0 saturated carbocycles. The predicted octanol–water partition coefficient (Wildman–Crippen LogP) is 3.25. The number of amides is 3. The molecule has 10 heteroatoms. The molecule has 202 valence electrons. The van der Waals surface area contributed by atoms with Crippen molar-refractivity contribution >= 4 is 29.4 Å². The molecule has 0 fully saturated rings. The first-order valence-corrected chi connectivity index (χ1v) is 12.2. The molecule has 37 heavy (non-hydrogen) atoms. The fourth-order valence-corrected chi connectivity index (χ4v) is 3.39. The topological polar surface area (TPSA) is 137 Å². The van der Waals surface area contributed by atoms with Crippen molar-refractivity contribution in [3.63, 3.8) is 0 Å². The number of anilines is 1. The molecule has 2 rings (SSSR count). The van der Waals surface area contributed by atoms with Crippen LogP contribution in [0, 0.1) is 12.7 Å². The number of rotatable bonds is 12. The summed E-state index contributed by atoms with van der Waals surface area (Å²) in [5.41, 5.74) is 0.181. The van der Waals surface area contributed by atoms with Gasteiger partial charge in [0.25, 0.3) is 5.91 Å². The number of carbonyl (C=O) groups is 4. The molecule has 5 N–H and O–H groups in total. The number of carbonyl (C=O) groups excluding carboxylic acids is 3. The fourth-order valence-electron chi connectivity index (χ4n) is 3.39. The zero-order valence-corrected chi connectivity index (χ0v) is 21.8. The minimum absolute atomic E-state index is 0.0853. The lowest BCUT2D eigenvalue weighted by atomic mass is 9.90. The van der Waals surface area contributed by atoms with Gasteiger partial charge in [-0.05, 0) is 55.7 Å². The Labute approximate surface area is 217 Å². The first-order chi connectivity index (χ1) is 17.6. The number of aryl methyl sites for hydroxylation is 1. The highest BCUT2D eigenvalue weighted by atomic mass is 19.1. The molecule has 0 aliphatic rings. The summed E-state index contributed by atoms with van der Waals surface area (Å²) >= 11 is 0. The Balaban J connectivity index is 0.00000217. The highest BCUT2D eigenvalue weighted by molar-refractivity contribution is 5.96. The van der Waals surface area contributed by atoms with Crippen LogP contribution in [-0.2, 0) is 14.4 Å². The molecule has 9 nitrogen and oxygen atoms in total. The van der Waals surface area contributed by atoms with Crippen molar-refractivity contribution < 1.29 is 28.7 Å². The van der Waals surface area contributed by atoms with Gasteiger partial charge in [-0.1, -0.05) is 45.4 Å². The second-order valence-electron chi connectivity index (χ2n) is 8.51. The van der Waals surface area contributed by atoms with E-state index >= 15 is 0 Å². The fraction of sp³-hybridized carbons (Fsp3) is 0.407. The van der Waals surface area contributed by atoms with E-state index in [0.29, 0.717) is 17.7 Å². The maximum absolute atomic E-state index is 13.5. The van der Waals surface area contributed by atoms with E-state index in [1.54, 1.807) is 38.1 Å². The Kier molecular flexibility index (Phi) is 13.4. The molecular formula is C27H37FN4O5. The van der Waals surface area contributed by atoms with E-state index in [2.05, 4.69) is 35.1 Å². The van der Waals surface area contributed by atoms with E-state index in [-0.39, 0.29) is 25.1 Å². The molecule has 0 heterocycles. The summed E-state index contributed by atoms with van der Waals surface area (Å²) in [5.74, 6) is -3.30. The average Bonchev–Trinajstić information content (AvgIpc) is 2.85. The second kappa shape index (κ2) is 15.9. The van der Waals surface area contributed by atoms with Crippen molar-refractivity contribution in [1.82, 2.24) is 16.0 Å². The number of aliphatic carboxylic acids is 1. The third kappa shape index (κ3) is 11.1. The Bertz CT molecular complexity index is 1030. The van der Waals surface area contributed by atoms with Gasteiger partial charge in [0.1, 0.15) is 17.9 Å². The van der Waals surface area contributed by atoms with Crippen LogP contribution < -0.4 is 21.3 Å². The van der Waals surface area contributed by atoms with Crippen molar-refractivity contribution in [1.29, 1.82) is 0 Å². The van der Waals surface area contributed by atoms with Gasteiger partial charge in [-0.3, -0.25) is 19.2 Å². The number of hydrogen-bond acceptors (Lipinski definition) is 5. The lowest BCUT2D eigenvalue weighted by Crippen LogP contribution is -2.54. The van der Waals surface area contributed by atoms with Crippen molar-refractivity contribution in [2.75, 3.05) is 25.0 Å². The quantitative estimate of drug-likeness (QED) is 0.294. The van der Waals surface area contributed by atoms with Crippen LogP contribution in [0.1, 0.15) is 56.0 Å². The number of carboxylic acids is 1. The predicted molar refractivity (Wildman–Crippen MR) is 141 cm³/mol. The van der Waals surface area contributed by atoms with Crippen molar-refractivity contribution in [2.24, 2.45) is 0 Å². The summed E-state index contributed by atoms with van der Waals surface area (Å²) in [6, 6.07) is 12.8. The summed E-state index contributed by atoms with van der Waals surface area (Å²) in [6.07, 6.45) is 1.73. The summed E-state index contributed by atoms with van der Waals surface area (Å²) in [5, 5.41) is 19.5. The molecule has 0 bridgehead atoms. The molecule has 2 aromatic rings. The van der Waals surface area contributed by atoms with E-state index in [9.17, 15) is 23.6 Å². The van der Waals surface area contributed by atoms with Gasteiger partial charge < -0.3 is 26.4 Å². The minimum atomic E-state index is -1.17. The monoisotopic (exact) mass is 516 g/mol. The van der Waals surface area contributed by atoms with E-state index in [1.807, 2.05) is 6.07 Å². The van der Waals surface area contributed by atoms with Crippen LogP contribution >= 0.6 is 0 Å². The third-order valence-electron chi connectivity index (χ3n) is 5.18. The first-order valence-electron chi connectivity index (χ1n) is 12.2.